The molecular weight excluding hydrogens is 343 g/mol. The molecule has 0 atom stereocenters. The molecule has 0 aliphatic carbocycles. The van der Waals surface area contributed by atoms with Gasteiger partial charge in [0.1, 0.15) is 11.4 Å². The fourth-order valence-electron chi connectivity index (χ4n) is 1.42. The number of phenols is 1. The minimum absolute atomic E-state index is 0.0986. The maximum absolute atomic E-state index is 12.3. The zero-order valence-corrected chi connectivity index (χ0v) is 11.6. The van der Waals surface area contributed by atoms with Crippen LogP contribution >= 0.6 is 11.3 Å². The third-order valence-corrected chi connectivity index (χ3v) is 3.20. The molecule has 2 rings (SSSR count). The van der Waals surface area contributed by atoms with E-state index in [0.29, 0.717) is 0 Å². The minimum Gasteiger partial charge on any atom is -0.508 e. The van der Waals surface area contributed by atoms with Crippen LogP contribution in [0, 0.1) is 10.1 Å². The fraction of sp³-hybridized carbons (Fsp3) is 0.100. The molecule has 122 valence electrons. The van der Waals surface area contributed by atoms with Crippen molar-refractivity contribution in [2.45, 2.75) is 6.18 Å². The maximum atomic E-state index is 12.3. The Morgan fingerprint density at radius 2 is 2.00 bits per heavy atom. The number of benzene rings is 1. The molecule has 0 aliphatic heterocycles. The molecule has 0 saturated carbocycles. The van der Waals surface area contributed by atoms with Crippen LogP contribution < -0.4 is 10.6 Å². The van der Waals surface area contributed by atoms with Crippen molar-refractivity contribution in [2.75, 3.05) is 10.6 Å². The quantitative estimate of drug-likeness (QED) is 0.444. The fourth-order valence-corrected chi connectivity index (χ4v) is 2.02. The van der Waals surface area contributed by atoms with E-state index in [1.54, 1.807) is 0 Å². The molecule has 0 bridgehead atoms. The largest absolute Gasteiger partial charge is 0.508 e. The number of urea groups is 1. The van der Waals surface area contributed by atoms with Crippen molar-refractivity contribution in [3.8, 4) is 5.75 Å². The normalized spacial score (nSPS) is 11.1. The molecule has 0 aliphatic rings. The second-order valence-electron chi connectivity index (χ2n) is 3.95. The summed E-state index contributed by atoms with van der Waals surface area (Å²) in [5.41, 5.74) is -0.848. The Hall–Kier alpha value is -2.96. The highest BCUT2D eigenvalue weighted by molar-refractivity contribution is 7.15. The number of nitrogens with one attached hydrogen (secondary N) is 2. The average molecular weight is 349 g/mol. The first-order valence-electron chi connectivity index (χ1n) is 5.63. The molecule has 1 heterocycles. The first-order chi connectivity index (χ1) is 10.7. The number of aromatic nitrogens is 2. The predicted molar refractivity (Wildman–Crippen MR) is 72.3 cm³/mol. The number of hydrogen-bond donors (Lipinski definition) is 3. The molecule has 13 heteroatoms. The van der Waals surface area contributed by atoms with E-state index in [2.05, 4.69) is 15.5 Å². The number of halogens is 3. The number of nitro benzene ring substituents is 1. The number of aromatic hydroxyl groups is 1. The van der Waals surface area contributed by atoms with E-state index in [1.165, 1.54) is 0 Å². The van der Waals surface area contributed by atoms with Crippen molar-refractivity contribution in [3.05, 3.63) is 33.3 Å². The van der Waals surface area contributed by atoms with Crippen LogP contribution in [0.15, 0.2) is 18.2 Å². The molecule has 2 amide bonds. The molecule has 0 unspecified atom stereocenters. The first kappa shape index (κ1) is 16.4. The summed E-state index contributed by atoms with van der Waals surface area (Å²) in [6.45, 7) is 0. The lowest BCUT2D eigenvalue weighted by Crippen LogP contribution is -2.20. The summed E-state index contributed by atoms with van der Waals surface area (Å²) in [6, 6.07) is 1.91. The SMILES string of the molecule is O=C(Nc1nnc(C(F)(F)F)s1)Nc1ccc(O)cc1[N+](=O)[O-]. The van der Waals surface area contributed by atoms with Gasteiger partial charge in [-0.3, -0.25) is 15.4 Å². The number of phenolic OH excluding ortho intramolecular Hbond substituents is 1. The van der Waals surface area contributed by atoms with Crippen molar-refractivity contribution >= 4 is 33.9 Å². The standard InChI is InChI=1S/C10H6F3N5O4S/c11-10(12,13)7-16-17-9(23-7)15-8(20)14-5-2-1-4(19)3-6(5)18(21)22/h1-3,19H,(H2,14,15,17,20). The van der Waals surface area contributed by atoms with Crippen molar-refractivity contribution in [2.24, 2.45) is 0 Å². The van der Waals surface area contributed by atoms with Gasteiger partial charge in [0.2, 0.25) is 10.1 Å². The highest BCUT2D eigenvalue weighted by atomic mass is 32.1. The Bertz CT molecular complexity index is 763. The number of amides is 2. The zero-order valence-electron chi connectivity index (χ0n) is 10.8. The van der Waals surface area contributed by atoms with Crippen LogP contribution in [-0.4, -0.2) is 26.3 Å². The number of carbonyl (C=O) groups excluding carboxylic acids is 1. The highest BCUT2D eigenvalue weighted by Crippen LogP contribution is 2.33. The van der Waals surface area contributed by atoms with E-state index in [1.807, 2.05) is 5.32 Å². The van der Waals surface area contributed by atoms with Gasteiger partial charge >= 0.3 is 12.2 Å². The summed E-state index contributed by atoms with van der Waals surface area (Å²) in [5.74, 6) is -0.387. The first-order valence-corrected chi connectivity index (χ1v) is 6.44. The number of hydrogen-bond acceptors (Lipinski definition) is 7. The van der Waals surface area contributed by atoms with E-state index >= 15 is 0 Å². The van der Waals surface area contributed by atoms with Crippen molar-refractivity contribution < 1.29 is 28.0 Å². The average Bonchev–Trinajstić information content (AvgIpc) is 2.89. The highest BCUT2D eigenvalue weighted by Gasteiger charge is 2.35. The molecule has 9 nitrogen and oxygen atoms in total. The lowest BCUT2D eigenvalue weighted by atomic mass is 10.2. The van der Waals surface area contributed by atoms with Crippen molar-refractivity contribution in [3.63, 3.8) is 0 Å². The molecule has 0 saturated heterocycles. The lowest BCUT2D eigenvalue weighted by molar-refractivity contribution is -0.384. The van der Waals surface area contributed by atoms with Crippen molar-refractivity contribution in [1.82, 2.24) is 10.2 Å². The Balaban J connectivity index is 2.11. The van der Waals surface area contributed by atoms with E-state index < -0.39 is 33.0 Å². The third-order valence-electron chi connectivity index (χ3n) is 2.31. The Morgan fingerprint density at radius 1 is 1.30 bits per heavy atom. The zero-order chi connectivity index (χ0) is 17.2. The number of nitro groups is 1. The van der Waals surface area contributed by atoms with Gasteiger partial charge in [-0.15, -0.1) is 10.2 Å². The Labute approximate surface area is 128 Å². The number of carbonyl (C=O) groups is 1. The van der Waals surface area contributed by atoms with Gasteiger partial charge in [0.15, 0.2) is 0 Å². The van der Waals surface area contributed by atoms with E-state index in [4.69, 9.17) is 0 Å². The van der Waals surface area contributed by atoms with Crippen LogP contribution in [0.5, 0.6) is 5.75 Å². The summed E-state index contributed by atoms with van der Waals surface area (Å²) in [5, 5.41) is 28.3. The molecule has 3 N–H and O–H groups in total. The van der Waals surface area contributed by atoms with E-state index in [-0.39, 0.29) is 22.8 Å². The molecule has 2 aromatic rings. The predicted octanol–water partition coefficient (Wildman–Crippen LogP) is 2.81. The topological polar surface area (TPSA) is 130 Å². The molecule has 23 heavy (non-hydrogen) atoms. The molecule has 0 radical (unpaired) electrons. The number of anilines is 2. The van der Waals surface area contributed by atoms with Crippen LogP contribution in [0.25, 0.3) is 0 Å². The van der Waals surface area contributed by atoms with Gasteiger partial charge in [-0.05, 0) is 12.1 Å². The van der Waals surface area contributed by atoms with Gasteiger partial charge in [-0.1, -0.05) is 11.3 Å². The summed E-state index contributed by atoms with van der Waals surface area (Å²) in [6.07, 6.45) is -4.69. The monoisotopic (exact) mass is 349 g/mol. The lowest BCUT2D eigenvalue weighted by Gasteiger charge is -2.06. The number of rotatable bonds is 3. The van der Waals surface area contributed by atoms with Crippen LogP contribution in [-0.2, 0) is 6.18 Å². The maximum Gasteiger partial charge on any atom is 0.445 e. The molecule has 0 spiro atoms. The van der Waals surface area contributed by atoms with Crippen LogP contribution in [0.1, 0.15) is 5.01 Å². The van der Waals surface area contributed by atoms with Gasteiger partial charge in [-0.2, -0.15) is 13.2 Å². The second-order valence-corrected chi connectivity index (χ2v) is 4.93. The van der Waals surface area contributed by atoms with Gasteiger partial charge < -0.3 is 10.4 Å². The summed E-state index contributed by atoms with van der Waals surface area (Å²) < 4.78 is 37.0. The van der Waals surface area contributed by atoms with E-state index in [0.717, 1.165) is 18.2 Å². The smallest absolute Gasteiger partial charge is 0.445 e. The number of alkyl halides is 3. The van der Waals surface area contributed by atoms with Crippen molar-refractivity contribution in [1.29, 1.82) is 0 Å². The van der Waals surface area contributed by atoms with Crippen LogP contribution in [0.4, 0.5) is 34.5 Å². The van der Waals surface area contributed by atoms with Gasteiger partial charge in [-0.25, -0.2) is 4.79 Å². The van der Waals surface area contributed by atoms with Gasteiger partial charge in [0.05, 0.1) is 11.0 Å². The third kappa shape index (κ3) is 4.03. The van der Waals surface area contributed by atoms with Crippen LogP contribution in [0.2, 0.25) is 0 Å². The van der Waals surface area contributed by atoms with Gasteiger partial charge in [0.25, 0.3) is 5.69 Å². The van der Waals surface area contributed by atoms with E-state index in [9.17, 15) is 33.2 Å². The summed E-state index contributed by atoms with van der Waals surface area (Å²) in [4.78, 5) is 21.6. The molecule has 0 fully saturated rings. The molecule has 1 aromatic carbocycles. The minimum atomic E-state index is -4.69. The summed E-state index contributed by atoms with van der Waals surface area (Å²) in [7, 11) is 0. The summed E-state index contributed by atoms with van der Waals surface area (Å²) >= 11 is 0.0986. The molecular formula is C10H6F3N5O4S. The number of nitrogens with zero attached hydrogens (tertiary/aromatic N) is 3. The second kappa shape index (κ2) is 6.04. The Kier molecular flexibility index (Phi) is 4.31. The van der Waals surface area contributed by atoms with Gasteiger partial charge in [0, 0.05) is 0 Å². The Morgan fingerprint density at radius 3 is 2.57 bits per heavy atom. The molecule has 1 aromatic heterocycles. The van der Waals surface area contributed by atoms with Crippen LogP contribution in [0.3, 0.4) is 0 Å².